The molecule has 0 fully saturated rings. The number of anilines is 1. The summed E-state index contributed by atoms with van der Waals surface area (Å²) in [5, 5.41) is 3.26. The van der Waals surface area contributed by atoms with E-state index in [1.807, 2.05) is 0 Å². The fourth-order valence-electron chi connectivity index (χ4n) is 2.07. The molecular formula is C17H17ClN2O3. The van der Waals surface area contributed by atoms with Crippen LogP contribution in [-0.2, 0) is 4.79 Å². The number of carbonyl (C=O) groups is 2. The lowest BCUT2D eigenvalue weighted by atomic mass is 10.1. The first-order chi connectivity index (χ1) is 10.9. The Morgan fingerprint density at radius 3 is 2.57 bits per heavy atom. The molecule has 3 N–H and O–H groups in total. The van der Waals surface area contributed by atoms with Crippen LogP contribution >= 0.6 is 11.6 Å². The second-order valence-electron chi connectivity index (χ2n) is 5.05. The molecule has 0 spiro atoms. The number of benzene rings is 2. The van der Waals surface area contributed by atoms with Crippen LogP contribution in [0.4, 0.5) is 5.69 Å². The molecule has 0 aliphatic carbocycles. The Hall–Kier alpha value is -2.53. The first-order valence-electron chi connectivity index (χ1n) is 7.01. The van der Waals surface area contributed by atoms with Gasteiger partial charge in [-0.15, -0.1) is 0 Å². The molecule has 2 aromatic carbocycles. The van der Waals surface area contributed by atoms with E-state index in [9.17, 15) is 9.59 Å². The van der Waals surface area contributed by atoms with Gasteiger partial charge in [0.1, 0.15) is 5.75 Å². The van der Waals surface area contributed by atoms with Crippen LogP contribution in [0.25, 0.3) is 0 Å². The Morgan fingerprint density at radius 2 is 1.91 bits per heavy atom. The van der Waals surface area contributed by atoms with Crippen LogP contribution in [0.2, 0.25) is 5.02 Å². The molecule has 120 valence electrons. The Kier molecular flexibility index (Phi) is 5.24. The zero-order valence-corrected chi connectivity index (χ0v) is 13.6. The van der Waals surface area contributed by atoms with Gasteiger partial charge in [0, 0.05) is 16.3 Å². The lowest BCUT2D eigenvalue weighted by Gasteiger charge is -2.16. The number of hydrogen-bond acceptors (Lipinski definition) is 3. The number of nitrogens with one attached hydrogen (secondary N) is 1. The van der Waals surface area contributed by atoms with E-state index >= 15 is 0 Å². The van der Waals surface area contributed by atoms with Gasteiger partial charge in [0.25, 0.3) is 5.91 Å². The molecule has 0 saturated heterocycles. The minimum absolute atomic E-state index is 0.338. The maximum absolute atomic E-state index is 12.2. The minimum atomic E-state index is -0.731. The van der Waals surface area contributed by atoms with Crippen LogP contribution < -0.4 is 15.8 Å². The van der Waals surface area contributed by atoms with Gasteiger partial charge in [-0.2, -0.15) is 0 Å². The molecule has 2 aromatic rings. The Balaban J connectivity index is 2.10. The highest BCUT2D eigenvalue weighted by Crippen LogP contribution is 2.21. The highest BCUT2D eigenvalue weighted by atomic mass is 35.5. The van der Waals surface area contributed by atoms with E-state index < -0.39 is 12.0 Å². The van der Waals surface area contributed by atoms with Gasteiger partial charge in [-0.05, 0) is 49.7 Å². The summed E-state index contributed by atoms with van der Waals surface area (Å²) in [6.45, 7) is 3.35. The number of ether oxygens (including phenoxy) is 1. The second kappa shape index (κ2) is 7.15. The number of carbonyl (C=O) groups excluding carboxylic acids is 2. The predicted octanol–water partition coefficient (Wildman–Crippen LogP) is 3.15. The van der Waals surface area contributed by atoms with Crippen molar-refractivity contribution in [2.45, 2.75) is 20.0 Å². The fraction of sp³-hybridized carbons (Fsp3) is 0.176. The monoisotopic (exact) mass is 332 g/mol. The summed E-state index contributed by atoms with van der Waals surface area (Å²) >= 11 is 5.88. The molecule has 0 unspecified atom stereocenters. The molecule has 1 atom stereocenters. The van der Waals surface area contributed by atoms with Crippen LogP contribution in [0, 0.1) is 6.92 Å². The molecule has 0 heterocycles. The van der Waals surface area contributed by atoms with E-state index in [0.717, 1.165) is 0 Å². The van der Waals surface area contributed by atoms with E-state index in [4.69, 9.17) is 22.1 Å². The lowest BCUT2D eigenvalue weighted by molar-refractivity contribution is -0.122. The summed E-state index contributed by atoms with van der Waals surface area (Å²) < 4.78 is 5.56. The maximum Gasteiger partial charge on any atom is 0.265 e. The van der Waals surface area contributed by atoms with Crippen LogP contribution in [-0.4, -0.2) is 17.9 Å². The van der Waals surface area contributed by atoms with Crippen LogP contribution in [0.1, 0.15) is 22.8 Å². The predicted molar refractivity (Wildman–Crippen MR) is 89.9 cm³/mol. The van der Waals surface area contributed by atoms with Crippen LogP contribution in [0.5, 0.6) is 5.75 Å². The largest absolute Gasteiger partial charge is 0.481 e. The first-order valence-corrected chi connectivity index (χ1v) is 7.39. The molecular weight excluding hydrogens is 316 g/mol. The van der Waals surface area contributed by atoms with Crippen molar-refractivity contribution in [3.05, 3.63) is 58.6 Å². The van der Waals surface area contributed by atoms with Crippen molar-refractivity contribution in [2.24, 2.45) is 5.73 Å². The first kappa shape index (κ1) is 16.8. The number of hydrogen-bond donors (Lipinski definition) is 2. The SMILES string of the molecule is Cc1c(NC(=O)[C@H](C)Oc2cccc(Cl)c2)cccc1C(N)=O. The molecule has 2 amide bonds. The van der Waals surface area contributed by atoms with E-state index in [1.54, 1.807) is 56.3 Å². The normalized spacial score (nSPS) is 11.6. The third-order valence-corrected chi connectivity index (χ3v) is 3.57. The van der Waals surface area contributed by atoms with Gasteiger partial charge < -0.3 is 15.8 Å². The third kappa shape index (κ3) is 4.23. The number of amides is 2. The summed E-state index contributed by atoms with van der Waals surface area (Å²) in [6, 6.07) is 11.8. The van der Waals surface area contributed by atoms with Crippen molar-refractivity contribution in [2.75, 3.05) is 5.32 Å². The van der Waals surface area contributed by atoms with Crippen LogP contribution in [0.15, 0.2) is 42.5 Å². The Bertz CT molecular complexity index is 746. The van der Waals surface area contributed by atoms with Crippen LogP contribution in [0.3, 0.4) is 0 Å². The second-order valence-corrected chi connectivity index (χ2v) is 5.49. The molecule has 0 aliphatic rings. The van der Waals surface area contributed by atoms with Gasteiger partial charge in [-0.1, -0.05) is 23.7 Å². The van der Waals surface area contributed by atoms with E-state index in [0.29, 0.717) is 27.6 Å². The average Bonchev–Trinajstić information content (AvgIpc) is 2.49. The van der Waals surface area contributed by atoms with E-state index in [-0.39, 0.29) is 5.91 Å². The van der Waals surface area contributed by atoms with E-state index in [2.05, 4.69) is 5.32 Å². The number of primary amides is 1. The van der Waals surface area contributed by atoms with Crippen molar-refractivity contribution in [3.63, 3.8) is 0 Å². The molecule has 0 bridgehead atoms. The number of rotatable bonds is 5. The smallest absolute Gasteiger partial charge is 0.265 e. The molecule has 5 nitrogen and oxygen atoms in total. The zero-order valence-electron chi connectivity index (χ0n) is 12.8. The van der Waals surface area contributed by atoms with Gasteiger partial charge in [0.2, 0.25) is 5.91 Å². The van der Waals surface area contributed by atoms with Crippen molar-refractivity contribution in [1.82, 2.24) is 0 Å². The summed E-state index contributed by atoms with van der Waals surface area (Å²) in [6.07, 6.45) is -0.731. The fourth-order valence-corrected chi connectivity index (χ4v) is 2.25. The molecule has 0 aliphatic heterocycles. The highest BCUT2D eigenvalue weighted by molar-refractivity contribution is 6.30. The summed E-state index contributed by atoms with van der Waals surface area (Å²) in [4.78, 5) is 23.6. The van der Waals surface area contributed by atoms with Crippen molar-refractivity contribution in [3.8, 4) is 5.75 Å². The quantitative estimate of drug-likeness (QED) is 0.882. The third-order valence-electron chi connectivity index (χ3n) is 3.34. The topological polar surface area (TPSA) is 81.4 Å². The molecule has 0 saturated carbocycles. The Morgan fingerprint density at radius 1 is 1.22 bits per heavy atom. The van der Waals surface area contributed by atoms with Gasteiger partial charge in [-0.25, -0.2) is 0 Å². The minimum Gasteiger partial charge on any atom is -0.481 e. The Labute approximate surface area is 139 Å². The summed E-state index contributed by atoms with van der Waals surface area (Å²) in [5.74, 6) is -0.376. The van der Waals surface area contributed by atoms with Gasteiger partial charge in [-0.3, -0.25) is 9.59 Å². The van der Waals surface area contributed by atoms with Crippen molar-refractivity contribution < 1.29 is 14.3 Å². The van der Waals surface area contributed by atoms with Gasteiger partial charge in [0.05, 0.1) is 0 Å². The van der Waals surface area contributed by atoms with Gasteiger partial charge >= 0.3 is 0 Å². The maximum atomic E-state index is 12.2. The number of halogens is 1. The van der Waals surface area contributed by atoms with Crippen molar-refractivity contribution in [1.29, 1.82) is 0 Å². The standard InChI is InChI=1S/C17H17ClN2O3/c1-10-14(16(19)21)7-4-8-15(10)20-17(22)11(2)23-13-6-3-5-12(18)9-13/h3-9,11H,1-2H3,(H2,19,21)(H,20,22)/t11-/m0/s1. The highest BCUT2D eigenvalue weighted by Gasteiger charge is 2.17. The zero-order chi connectivity index (χ0) is 17.0. The van der Waals surface area contributed by atoms with Gasteiger partial charge in [0.15, 0.2) is 6.10 Å². The lowest BCUT2D eigenvalue weighted by Crippen LogP contribution is -2.30. The summed E-state index contributed by atoms with van der Waals surface area (Å²) in [5.41, 5.74) is 6.80. The average molecular weight is 333 g/mol. The molecule has 0 radical (unpaired) electrons. The molecule has 6 heteroatoms. The van der Waals surface area contributed by atoms with Crippen molar-refractivity contribution >= 4 is 29.1 Å². The summed E-state index contributed by atoms with van der Waals surface area (Å²) in [7, 11) is 0. The number of nitrogens with two attached hydrogens (primary N) is 1. The van der Waals surface area contributed by atoms with E-state index in [1.165, 1.54) is 0 Å². The molecule has 0 aromatic heterocycles. The molecule has 2 rings (SSSR count). The molecule has 23 heavy (non-hydrogen) atoms.